The maximum absolute atomic E-state index is 3.36. The van der Waals surface area contributed by atoms with Crippen molar-refractivity contribution in [2.75, 3.05) is 20.1 Å². The van der Waals surface area contributed by atoms with Crippen LogP contribution in [-0.2, 0) is 0 Å². The summed E-state index contributed by atoms with van der Waals surface area (Å²) in [6.45, 7) is 4.55. The highest BCUT2D eigenvalue weighted by Crippen LogP contribution is 2.16. The summed E-state index contributed by atoms with van der Waals surface area (Å²) in [4.78, 5) is 0. The Labute approximate surface area is 57.0 Å². The molecule has 0 aromatic rings. The molecule has 54 valence electrons. The standard InChI is InChI=1S/C7H16N2/c1-3-7(8-2)4-5-9-6-7/h8-9H,3-6H2,1-2H3. The zero-order chi connectivity index (χ0) is 6.74. The molecule has 0 radical (unpaired) electrons. The van der Waals surface area contributed by atoms with Crippen LogP contribution in [0.25, 0.3) is 0 Å². The molecule has 1 heterocycles. The minimum Gasteiger partial charge on any atom is -0.315 e. The molecule has 1 aliphatic heterocycles. The van der Waals surface area contributed by atoms with Gasteiger partial charge < -0.3 is 10.6 Å². The third-order valence-electron chi connectivity index (χ3n) is 2.45. The first-order valence-electron chi connectivity index (χ1n) is 3.72. The van der Waals surface area contributed by atoms with Crippen molar-refractivity contribution in [2.45, 2.75) is 25.3 Å². The molecule has 0 aromatic heterocycles. The lowest BCUT2D eigenvalue weighted by Crippen LogP contribution is -2.44. The highest BCUT2D eigenvalue weighted by Gasteiger charge is 2.29. The molecule has 2 nitrogen and oxygen atoms in total. The molecule has 0 saturated carbocycles. The number of likely N-dealkylation sites (N-methyl/N-ethyl adjacent to an activating group) is 1. The van der Waals surface area contributed by atoms with Crippen LogP contribution >= 0.6 is 0 Å². The van der Waals surface area contributed by atoms with E-state index in [1.54, 1.807) is 0 Å². The Morgan fingerprint density at radius 2 is 2.44 bits per heavy atom. The molecule has 0 spiro atoms. The van der Waals surface area contributed by atoms with Gasteiger partial charge in [-0.25, -0.2) is 0 Å². The van der Waals surface area contributed by atoms with E-state index in [0.717, 1.165) is 6.54 Å². The van der Waals surface area contributed by atoms with Crippen molar-refractivity contribution in [2.24, 2.45) is 0 Å². The SMILES string of the molecule is CCC1(NC)CCNC1. The van der Waals surface area contributed by atoms with Crippen molar-refractivity contribution >= 4 is 0 Å². The molecule has 2 N–H and O–H groups in total. The molecule has 1 aliphatic rings. The first kappa shape index (κ1) is 7.03. The van der Waals surface area contributed by atoms with Crippen LogP contribution < -0.4 is 10.6 Å². The Morgan fingerprint density at radius 1 is 1.67 bits per heavy atom. The van der Waals surface area contributed by atoms with Gasteiger partial charge in [0.25, 0.3) is 0 Å². The Kier molecular flexibility index (Phi) is 2.09. The minimum absolute atomic E-state index is 0.417. The summed E-state index contributed by atoms with van der Waals surface area (Å²) < 4.78 is 0. The van der Waals surface area contributed by atoms with Gasteiger partial charge in [0, 0.05) is 12.1 Å². The molecule has 9 heavy (non-hydrogen) atoms. The lowest BCUT2D eigenvalue weighted by atomic mass is 9.96. The zero-order valence-corrected chi connectivity index (χ0v) is 6.33. The van der Waals surface area contributed by atoms with Crippen LogP contribution in [0.1, 0.15) is 19.8 Å². The molecule has 1 rings (SSSR count). The van der Waals surface area contributed by atoms with Crippen LogP contribution in [0.2, 0.25) is 0 Å². The summed E-state index contributed by atoms with van der Waals surface area (Å²) in [5.41, 5.74) is 0.417. The molecular formula is C7H16N2. The van der Waals surface area contributed by atoms with E-state index in [1.807, 2.05) is 0 Å². The van der Waals surface area contributed by atoms with Crippen molar-refractivity contribution in [3.05, 3.63) is 0 Å². The van der Waals surface area contributed by atoms with E-state index in [0.29, 0.717) is 5.54 Å². The van der Waals surface area contributed by atoms with Gasteiger partial charge in [0.1, 0.15) is 0 Å². The quantitative estimate of drug-likeness (QED) is 0.560. The normalized spacial score (nSPS) is 35.3. The summed E-state index contributed by atoms with van der Waals surface area (Å²) in [5.74, 6) is 0. The van der Waals surface area contributed by atoms with Crippen LogP contribution in [0.4, 0.5) is 0 Å². The predicted molar refractivity (Wildman–Crippen MR) is 39.6 cm³/mol. The second-order valence-corrected chi connectivity index (χ2v) is 2.81. The van der Waals surface area contributed by atoms with E-state index < -0.39 is 0 Å². The van der Waals surface area contributed by atoms with E-state index in [1.165, 1.54) is 19.4 Å². The van der Waals surface area contributed by atoms with Gasteiger partial charge in [-0.3, -0.25) is 0 Å². The molecule has 0 bridgehead atoms. The zero-order valence-electron chi connectivity index (χ0n) is 6.33. The van der Waals surface area contributed by atoms with E-state index in [4.69, 9.17) is 0 Å². The average molecular weight is 128 g/mol. The fourth-order valence-electron chi connectivity index (χ4n) is 1.44. The van der Waals surface area contributed by atoms with E-state index in [2.05, 4.69) is 24.6 Å². The highest BCUT2D eigenvalue weighted by molar-refractivity contribution is 4.93. The molecule has 0 aliphatic carbocycles. The molecule has 1 atom stereocenters. The number of hydrogen-bond acceptors (Lipinski definition) is 2. The summed E-state index contributed by atoms with van der Waals surface area (Å²) >= 11 is 0. The van der Waals surface area contributed by atoms with Gasteiger partial charge in [0.05, 0.1) is 0 Å². The Hall–Kier alpha value is -0.0800. The van der Waals surface area contributed by atoms with E-state index in [-0.39, 0.29) is 0 Å². The van der Waals surface area contributed by atoms with Gasteiger partial charge in [0.15, 0.2) is 0 Å². The van der Waals surface area contributed by atoms with Gasteiger partial charge in [0.2, 0.25) is 0 Å². The lowest BCUT2D eigenvalue weighted by molar-refractivity contribution is 0.371. The van der Waals surface area contributed by atoms with Crippen molar-refractivity contribution in [1.82, 2.24) is 10.6 Å². The molecule has 1 unspecified atom stereocenters. The molecule has 0 amide bonds. The van der Waals surface area contributed by atoms with Gasteiger partial charge in [-0.1, -0.05) is 6.92 Å². The smallest absolute Gasteiger partial charge is 0.0313 e. The van der Waals surface area contributed by atoms with Crippen LogP contribution in [0.3, 0.4) is 0 Å². The van der Waals surface area contributed by atoms with Crippen molar-refractivity contribution < 1.29 is 0 Å². The highest BCUT2D eigenvalue weighted by atomic mass is 15.1. The first-order valence-corrected chi connectivity index (χ1v) is 3.72. The molecule has 1 fully saturated rings. The maximum atomic E-state index is 3.36. The summed E-state index contributed by atoms with van der Waals surface area (Å²) in [5, 5.41) is 6.72. The van der Waals surface area contributed by atoms with Gasteiger partial charge in [-0.05, 0) is 26.4 Å². The maximum Gasteiger partial charge on any atom is 0.0313 e. The third kappa shape index (κ3) is 1.25. The molecule has 1 saturated heterocycles. The third-order valence-corrected chi connectivity index (χ3v) is 2.45. The van der Waals surface area contributed by atoms with Crippen molar-refractivity contribution in [3.63, 3.8) is 0 Å². The Balaban J connectivity index is 2.45. The topological polar surface area (TPSA) is 24.1 Å². The second-order valence-electron chi connectivity index (χ2n) is 2.81. The van der Waals surface area contributed by atoms with Gasteiger partial charge >= 0.3 is 0 Å². The number of hydrogen-bond donors (Lipinski definition) is 2. The largest absolute Gasteiger partial charge is 0.315 e. The number of nitrogens with one attached hydrogen (secondary N) is 2. The fraction of sp³-hybridized carbons (Fsp3) is 1.00. The van der Waals surface area contributed by atoms with Crippen molar-refractivity contribution in [3.8, 4) is 0 Å². The van der Waals surface area contributed by atoms with Crippen LogP contribution in [-0.4, -0.2) is 25.7 Å². The Bertz CT molecular complexity index is 78.9. The average Bonchev–Trinajstić information content (AvgIpc) is 2.36. The fourth-order valence-corrected chi connectivity index (χ4v) is 1.44. The second kappa shape index (κ2) is 2.67. The van der Waals surface area contributed by atoms with Crippen LogP contribution in [0.15, 0.2) is 0 Å². The summed E-state index contributed by atoms with van der Waals surface area (Å²) in [6.07, 6.45) is 2.51. The Morgan fingerprint density at radius 3 is 2.67 bits per heavy atom. The van der Waals surface area contributed by atoms with Crippen LogP contribution in [0, 0.1) is 0 Å². The lowest BCUT2D eigenvalue weighted by Gasteiger charge is -2.25. The van der Waals surface area contributed by atoms with Gasteiger partial charge in [-0.15, -0.1) is 0 Å². The van der Waals surface area contributed by atoms with E-state index >= 15 is 0 Å². The molecule has 0 aromatic carbocycles. The van der Waals surface area contributed by atoms with Gasteiger partial charge in [-0.2, -0.15) is 0 Å². The summed E-state index contributed by atoms with van der Waals surface area (Å²) in [7, 11) is 2.05. The van der Waals surface area contributed by atoms with Crippen LogP contribution in [0.5, 0.6) is 0 Å². The predicted octanol–water partition coefficient (Wildman–Crippen LogP) is 0.348. The van der Waals surface area contributed by atoms with Crippen molar-refractivity contribution in [1.29, 1.82) is 0 Å². The summed E-state index contributed by atoms with van der Waals surface area (Å²) in [6, 6.07) is 0. The molecular weight excluding hydrogens is 112 g/mol. The minimum atomic E-state index is 0.417. The monoisotopic (exact) mass is 128 g/mol. The van der Waals surface area contributed by atoms with E-state index in [9.17, 15) is 0 Å². The number of rotatable bonds is 2. The molecule has 2 heteroatoms. The first-order chi connectivity index (χ1) is 4.33.